The lowest BCUT2D eigenvalue weighted by molar-refractivity contribution is -0.127. The van der Waals surface area contributed by atoms with Gasteiger partial charge in [-0.15, -0.1) is 0 Å². The summed E-state index contributed by atoms with van der Waals surface area (Å²) in [4.78, 5) is 11.8. The highest BCUT2D eigenvalue weighted by atomic mass is 16.2. The third-order valence-corrected chi connectivity index (χ3v) is 0.673. The highest BCUT2D eigenvalue weighted by molar-refractivity contribution is 5.77. The molecule has 0 aliphatic rings. The maximum absolute atomic E-state index is 10.3. The summed E-state index contributed by atoms with van der Waals surface area (Å²) in [5, 5.41) is 0. The van der Waals surface area contributed by atoms with Crippen LogP contribution in [0.15, 0.2) is 0 Å². The van der Waals surface area contributed by atoms with Gasteiger partial charge in [0, 0.05) is 15.5 Å². The van der Waals surface area contributed by atoms with Crippen LogP contribution in [0.3, 0.4) is 0 Å². The molecule has 2 N–H and O–H groups in total. The van der Waals surface area contributed by atoms with Gasteiger partial charge in [-0.3, -0.25) is 4.79 Å². The van der Waals surface area contributed by atoms with Crippen LogP contribution in [0.1, 0.15) is 1.43 Å². The smallest absolute Gasteiger partial charge is 0.235 e. The molecule has 0 rings (SSSR count). The Balaban J connectivity index is 0. The molecule has 0 aliphatic carbocycles. The second kappa shape index (κ2) is 2.58. The molecule has 0 atom stereocenters. The second-order valence-corrected chi connectivity index (χ2v) is 1.49. The van der Waals surface area contributed by atoms with Crippen LogP contribution in [0.5, 0.6) is 0 Å². The van der Waals surface area contributed by atoms with Crippen molar-refractivity contribution in [1.29, 1.82) is 0 Å². The molecule has 0 saturated carbocycles. The molecule has 0 aromatic carbocycles. The Hall–Kier alpha value is -0.570. The fourth-order valence-electron chi connectivity index (χ4n) is 0.183. The van der Waals surface area contributed by atoms with Crippen molar-refractivity contribution >= 4 is 5.91 Å². The normalized spacial score (nSPS) is 8.43. The SMILES string of the molecule is CN(C)C(=O)CN.[HH]. The predicted molar refractivity (Wildman–Crippen MR) is 29.9 cm³/mol. The van der Waals surface area contributed by atoms with Gasteiger partial charge in [-0.25, -0.2) is 0 Å². The molecule has 0 aliphatic heterocycles. The lowest BCUT2D eigenvalue weighted by Crippen LogP contribution is -2.28. The lowest BCUT2D eigenvalue weighted by atomic mass is 10.6. The summed E-state index contributed by atoms with van der Waals surface area (Å²) in [5.74, 6) is -0.0417. The molecule has 1 amide bonds. The number of nitrogens with two attached hydrogens (primary N) is 1. The molecule has 0 aromatic rings. The third kappa shape index (κ3) is 2.17. The van der Waals surface area contributed by atoms with Gasteiger partial charge in [0.1, 0.15) is 0 Å². The molecule has 7 heavy (non-hydrogen) atoms. The van der Waals surface area contributed by atoms with Gasteiger partial charge in [0.25, 0.3) is 0 Å². The van der Waals surface area contributed by atoms with Crippen LogP contribution in [0.4, 0.5) is 0 Å². The Labute approximate surface area is 44.6 Å². The summed E-state index contributed by atoms with van der Waals surface area (Å²) in [6.07, 6.45) is 0. The first-order valence-corrected chi connectivity index (χ1v) is 2.08. The fraction of sp³-hybridized carbons (Fsp3) is 0.750. The Morgan fingerprint density at radius 1 is 1.86 bits per heavy atom. The van der Waals surface area contributed by atoms with E-state index in [9.17, 15) is 4.79 Å². The molecular formula is C4H12N2O. The number of carbonyl (C=O) groups is 1. The first kappa shape index (κ1) is 6.43. The van der Waals surface area contributed by atoms with E-state index in [0.717, 1.165) is 0 Å². The van der Waals surface area contributed by atoms with E-state index in [-0.39, 0.29) is 13.9 Å². The maximum atomic E-state index is 10.3. The van der Waals surface area contributed by atoms with Crippen LogP contribution in [-0.4, -0.2) is 31.4 Å². The van der Waals surface area contributed by atoms with Crippen LogP contribution < -0.4 is 5.73 Å². The van der Waals surface area contributed by atoms with Gasteiger partial charge < -0.3 is 10.6 Å². The molecule has 0 aromatic heterocycles. The zero-order valence-electron chi connectivity index (χ0n) is 4.64. The van der Waals surface area contributed by atoms with Crippen LogP contribution >= 0.6 is 0 Å². The van der Waals surface area contributed by atoms with E-state index < -0.39 is 0 Å². The van der Waals surface area contributed by atoms with Crippen molar-refractivity contribution in [2.75, 3.05) is 20.6 Å². The second-order valence-electron chi connectivity index (χ2n) is 1.49. The quantitative estimate of drug-likeness (QED) is 0.477. The average Bonchev–Trinajstić information content (AvgIpc) is 1.65. The predicted octanol–water partition coefficient (Wildman–Crippen LogP) is -0.721. The van der Waals surface area contributed by atoms with Gasteiger partial charge in [-0.1, -0.05) is 0 Å². The molecule has 0 heterocycles. The number of carbonyl (C=O) groups excluding carboxylic acids is 1. The highest BCUT2D eigenvalue weighted by Crippen LogP contribution is 1.70. The van der Waals surface area contributed by atoms with Crippen molar-refractivity contribution in [3.63, 3.8) is 0 Å². The van der Waals surface area contributed by atoms with Crippen LogP contribution in [-0.2, 0) is 4.79 Å². The summed E-state index contributed by atoms with van der Waals surface area (Å²) in [5.41, 5.74) is 4.98. The highest BCUT2D eigenvalue weighted by Gasteiger charge is 1.95. The summed E-state index contributed by atoms with van der Waals surface area (Å²) in [6, 6.07) is 0. The lowest BCUT2D eigenvalue weighted by Gasteiger charge is -2.05. The molecule has 0 fully saturated rings. The summed E-state index contributed by atoms with van der Waals surface area (Å²) < 4.78 is 0. The average molecular weight is 104 g/mol. The van der Waals surface area contributed by atoms with E-state index in [2.05, 4.69) is 0 Å². The minimum atomic E-state index is -0.0417. The van der Waals surface area contributed by atoms with Gasteiger partial charge >= 0.3 is 0 Å². The fourth-order valence-corrected chi connectivity index (χ4v) is 0.183. The molecule has 44 valence electrons. The van der Waals surface area contributed by atoms with Gasteiger partial charge in [0.2, 0.25) is 5.91 Å². The molecule has 0 bridgehead atoms. The van der Waals surface area contributed by atoms with Gasteiger partial charge in [0.05, 0.1) is 6.54 Å². The van der Waals surface area contributed by atoms with Crippen molar-refractivity contribution in [1.82, 2.24) is 4.90 Å². The first-order chi connectivity index (χ1) is 3.18. The van der Waals surface area contributed by atoms with Crippen molar-refractivity contribution in [3.05, 3.63) is 0 Å². The Bertz CT molecular complexity index is 74.4. The van der Waals surface area contributed by atoms with Crippen LogP contribution in [0.25, 0.3) is 0 Å². The van der Waals surface area contributed by atoms with Gasteiger partial charge in [-0.05, 0) is 0 Å². The maximum Gasteiger partial charge on any atom is 0.235 e. The van der Waals surface area contributed by atoms with Gasteiger partial charge in [-0.2, -0.15) is 0 Å². The number of amides is 1. The van der Waals surface area contributed by atoms with Crippen molar-refractivity contribution in [2.24, 2.45) is 5.73 Å². The molecule has 3 nitrogen and oxygen atoms in total. The van der Waals surface area contributed by atoms with E-state index in [4.69, 9.17) is 5.73 Å². The first-order valence-electron chi connectivity index (χ1n) is 2.08. The molecule has 3 heteroatoms. The van der Waals surface area contributed by atoms with E-state index in [1.807, 2.05) is 0 Å². The number of hydrogen-bond donors (Lipinski definition) is 1. The topological polar surface area (TPSA) is 46.3 Å². The van der Waals surface area contributed by atoms with E-state index in [1.165, 1.54) is 4.90 Å². The van der Waals surface area contributed by atoms with E-state index in [0.29, 0.717) is 0 Å². The van der Waals surface area contributed by atoms with Crippen LogP contribution in [0.2, 0.25) is 0 Å². The number of nitrogens with zero attached hydrogens (tertiary/aromatic N) is 1. The minimum Gasteiger partial charge on any atom is -0.348 e. The molecule has 0 spiro atoms. The number of likely N-dealkylation sites (N-methyl/N-ethyl adjacent to an activating group) is 1. The summed E-state index contributed by atoms with van der Waals surface area (Å²) >= 11 is 0. The third-order valence-electron chi connectivity index (χ3n) is 0.673. The Kier molecular flexibility index (Phi) is 2.37. The molecular weight excluding hydrogens is 92.1 g/mol. The number of rotatable bonds is 1. The summed E-state index contributed by atoms with van der Waals surface area (Å²) in [7, 11) is 3.35. The molecule has 0 saturated heterocycles. The summed E-state index contributed by atoms with van der Waals surface area (Å²) in [6.45, 7) is 0.104. The number of hydrogen-bond acceptors (Lipinski definition) is 2. The largest absolute Gasteiger partial charge is 0.348 e. The molecule has 0 unspecified atom stereocenters. The Morgan fingerprint density at radius 3 is 2.29 bits per heavy atom. The monoisotopic (exact) mass is 104 g/mol. The minimum absolute atomic E-state index is 0. The van der Waals surface area contributed by atoms with Gasteiger partial charge in [0.15, 0.2) is 0 Å². The van der Waals surface area contributed by atoms with Crippen molar-refractivity contribution in [2.45, 2.75) is 0 Å². The van der Waals surface area contributed by atoms with Crippen molar-refractivity contribution < 1.29 is 6.22 Å². The van der Waals surface area contributed by atoms with Crippen LogP contribution in [0, 0.1) is 0 Å². The standard InChI is InChI=1S/C4H10N2O.H2/c1-6(2)4(7)3-5;/h3,5H2,1-2H3;1H. The molecule has 0 radical (unpaired) electrons. The van der Waals surface area contributed by atoms with E-state index in [1.54, 1.807) is 14.1 Å². The zero-order chi connectivity index (χ0) is 5.86. The van der Waals surface area contributed by atoms with Crippen molar-refractivity contribution in [3.8, 4) is 0 Å². The van der Waals surface area contributed by atoms with E-state index >= 15 is 0 Å². The zero-order valence-corrected chi connectivity index (χ0v) is 4.64. The Morgan fingerprint density at radius 2 is 2.29 bits per heavy atom.